The van der Waals surface area contributed by atoms with E-state index in [0.717, 1.165) is 42.1 Å². The van der Waals surface area contributed by atoms with Gasteiger partial charge < -0.3 is 14.7 Å². The van der Waals surface area contributed by atoms with E-state index in [0.29, 0.717) is 6.54 Å². The molecular weight excluding hydrogens is 311 g/mol. The molecule has 0 aliphatic rings. The third-order valence-corrected chi connectivity index (χ3v) is 3.13. The molecule has 5 nitrogen and oxygen atoms in total. The first-order valence-corrected chi connectivity index (χ1v) is 6.41. The van der Waals surface area contributed by atoms with Gasteiger partial charge in [0.25, 0.3) is 0 Å². The number of imidazole rings is 1. The van der Waals surface area contributed by atoms with Gasteiger partial charge in [-0.15, -0.1) is 24.8 Å². The number of hydrogen-bond donors (Lipinski definition) is 1. The van der Waals surface area contributed by atoms with Crippen molar-refractivity contribution in [2.45, 2.75) is 19.4 Å². The van der Waals surface area contributed by atoms with Crippen molar-refractivity contribution in [1.82, 2.24) is 14.5 Å². The Bertz CT molecular complexity index is 667. The Kier molecular flexibility index (Phi) is 6.68. The van der Waals surface area contributed by atoms with Crippen molar-refractivity contribution in [2.75, 3.05) is 6.54 Å². The number of aryl methyl sites for hydroxylation is 2. The van der Waals surface area contributed by atoms with E-state index in [-0.39, 0.29) is 24.8 Å². The van der Waals surface area contributed by atoms with Crippen LogP contribution >= 0.6 is 24.8 Å². The molecule has 3 rings (SSSR count). The normalized spacial score (nSPS) is 10.1. The summed E-state index contributed by atoms with van der Waals surface area (Å²) in [6.07, 6.45) is 4.80. The molecule has 0 aliphatic heterocycles. The fourth-order valence-electron chi connectivity index (χ4n) is 2.28. The summed E-state index contributed by atoms with van der Waals surface area (Å²) in [6.45, 7) is 1.40. The molecule has 2 N–H and O–H groups in total. The van der Waals surface area contributed by atoms with Crippen LogP contribution in [0.3, 0.4) is 0 Å². The molecule has 0 spiro atoms. The number of aromatic nitrogens is 3. The van der Waals surface area contributed by atoms with Gasteiger partial charge in [0, 0.05) is 19.4 Å². The van der Waals surface area contributed by atoms with Gasteiger partial charge in [-0.05, 0) is 18.7 Å². The number of fused-ring (bicyclic) bond motifs is 1. The molecule has 21 heavy (non-hydrogen) atoms. The topological polar surface area (TPSA) is 69.9 Å². The first kappa shape index (κ1) is 17.5. The summed E-state index contributed by atoms with van der Waals surface area (Å²) in [5, 5.41) is 0. The van der Waals surface area contributed by atoms with Crippen molar-refractivity contribution in [1.29, 1.82) is 0 Å². The lowest BCUT2D eigenvalue weighted by Crippen LogP contribution is -2.11. The molecule has 2 heterocycles. The number of nitrogens with two attached hydrogens (primary N) is 1. The number of halogens is 2. The molecule has 0 amide bonds. The number of nitrogens with zero attached hydrogens (tertiary/aromatic N) is 3. The fourth-order valence-corrected chi connectivity index (χ4v) is 2.28. The van der Waals surface area contributed by atoms with Crippen LogP contribution in [0.15, 0.2) is 41.1 Å². The van der Waals surface area contributed by atoms with Crippen molar-refractivity contribution in [3.63, 3.8) is 0 Å². The summed E-state index contributed by atoms with van der Waals surface area (Å²) in [6, 6.07) is 8.13. The summed E-state index contributed by atoms with van der Waals surface area (Å²) in [4.78, 5) is 8.78. The van der Waals surface area contributed by atoms with Gasteiger partial charge in [0.1, 0.15) is 12.1 Å². The molecule has 0 saturated carbocycles. The van der Waals surface area contributed by atoms with E-state index in [2.05, 4.69) is 20.6 Å². The summed E-state index contributed by atoms with van der Waals surface area (Å²) in [5.41, 5.74) is 7.81. The van der Waals surface area contributed by atoms with Crippen LogP contribution in [0.25, 0.3) is 11.0 Å². The van der Waals surface area contributed by atoms with E-state index in [1.807, 2.05) is 18.2 Å². The third kappa shape index (κ3) is 3.75. The highest BCUT2D eigenvalue weighted by atomic mass is 35.5. The van der Waals surface area contributed by atoms with Crippen molar-refractivity contribution in [2.24, 2.45) is 5.73 Å². The molecule has 0 unspecified atom stereocenters. The van der Waals surface area contributed by atoms with Gasteiger partial charge >= 0.3 is 0 Å². The SMILES string of the molecule is Cl.Cl.NCCc1nc2ccccc2n1CCc1ncco1. The fraction of sp³-hybridized carbons (Fsp3) is 0.286. The van der Waals surface area contributed by atoms with Crippen LogP contribution < -0.4 is 5.73 Å². The van der Waals surface area contributed by atoms with Crippen LogP contribution in [-0.2, 0) is 19.4 Å². The first-order valence-electron chi connectivity index (χ1n) is 6.41. The largest absolute Gasteiger partial charge is 0.449 e. The molecule has 7 heteroatoms. The monoisotopic (exact) mass is 328 g/mol. The van der Waals surface area contributed by atoms with Crippen molar-refractivity contribution < 1.29 is 4.42 Å². The summed E-state index contributed by atoms with van der Waals surface area (Å²) >= 11 is 0. The molecule has 0 fully saturated rings. The van der Waals surface area contributed by atoms with Crippen molar-refractivity contribution in [3.8, 4) is 0 Å². The average Bonchev–Trinajstić information content (AvgIpc) is 3.04. The molecule has 2 aromatic heterocycles. The smallest absolute Gasteiger partial charge is 0.195 e. The Morgan fingerprint density at radius 2 is 1.95 bits per heavy atom. The second kappa shape index (κ2) is 8.02. The Balaban J connectivity index is 0.00000110. The van der Waals surface area contributed by atoms with Gasteiger partial charge in [0.05, 0.1) is 17.2 Å². The third-order valence-electron chi connectivity index (χ3n) is 3.13. The second-order valence-corrected chi connectivity index (χ2v) is 4.38. The number of oxazole rings is 1. The standard InChI is InChI=1S/C14H16N4O.2ClH/c15-7-5-13-17-11-3-1-2-4-12(11)18(13)9-6-14-16-8-10-19-14;;/h1-4,8,10H,5-7,9,15H2;2*1H. The van der Waals surface area contributed by atoms with Gasteiger partial charge in [-0.25, -0.2) is 9.97 Å². The molecule has 114 valence electrons. The van der Waals surface area contributed by atoms with E-state index in [1.54, 1.807) is 12.5 Å². The minimum Gasteiger partial charge on any atom is -0.449 e. The van der Waals surface area contributed by atoms with E-state index in [4.69, 9.17) is 10.2 Å². The molecule has 1 aromatic carbocycles. The van der Waals surface area contributed by atoms with E-state index >= 15 is 0 Å². The lowest BCUT2D eigenvalue weighted by molar-refractivity contribution is 0.475. The van der Waals surface area contributed by atoms with Crippen LogP contribution in [-0.4, -0.2) is 21.1 Å². The van der Waals surface area contributed by atoms with Crippen LogP contribution in [0.1, 0.15) is 11.7 Å². The Morgan fingerprint density at radius 3 is 2.67 bits per heavy atom. The van der Waals surface area contributed by atoms with Gasteiger partial charge in [0.2, 0.25) is 0 Å². The Labute approximate surface area is 135 Å². The van der Waals surface area contributed by atoms with Gasteiger partial charge in [0.15, 0.2) is 5.89 Å². The predicted octanol–water partition coefficient (Wildman–Crippen LogP) is 2.61. The molecule has 0 saturated heterocycles. The quantitative estimate of drug-likeness (QED) is 0.781. The summed E-state index contributed by atoms with van der Waals surface area (Å²) in [7, 11) is 0. The van der Waals surface area contributed by atoms with Gasteiger partial charge in [-0.1, -0.05) is 12.1 Å². The van der Waals surface area contributed by atoms with E-state index < -0.39 is 0 Å². The number of rotatable bonds is 5. The maximum absolute atomic E-state index is 5.66. The Morgan fingerprint density at radius 1 is 1.14 bits per heavy atom. The van der Waals surface area contributed by atoms with E-state index in [1.165, 1.54) is 0 Å². The molecule has 3 aromatic rings. The number of benzene rings is 1. The Hall–Kier alpha value is -1.56. The highest BCUT2D eigenvalue weighted by molar-refractivity contribution is 5.85. The van der Waals surface area contributed by atoms with Crippen LogP contribution in [0.5, 0.6) is 0 Å². The molecule has 0 radical (unpaired) electrons. The molecular formula is C14H18Cl2N4O. The molecule has 0 aliphatic carbocycles. The molecule has 0 bridgehead atoms. The van der Waals surface area contributed by atoms with Gasteiger partial charge in [-0.2, -0.15) is 0 Å². The van der Waals surface area contributed by atoms with Crippen molar-refractivity contribution in [3.05, 3.63) is 48.4 Å². The van der Waals surface area contributed by atoms with Gasteiger partial charge in [-0.3, -0.25) is 0 Å². The minimum atomic E-state index is 0. The second-order valence-electron chi connectivity index (χ2n) is 4.38. The zero-order chi connectivity index (χ0) is 13.1. The minimum absolute atomic E-state index is 0. The highest BCUT2D eigenvalue weighted by Gasteiger charge is 2.10. The zero-order valence-electron chi connectivity index (χ0n) is 11.4. The van der Waals surface area contributed by atoms with Crippen LogP contribution in [0.4, 0.5) is 0 Å². The first-order chi connectivity index (χ1) is 9.38. The van der Waals surface area contributed by atoms with E-state index in [9.17, 15) is 0 Å². The lowest BCUT2D eigenvalue weighted by atomic mass is 10.3. The van der Waals surface area contributed by atoms with Crippen molar-refractivity contribution >= 4 is 35.8 Å². The van der Waals surface area contributed by atoms with Crippen LogP contribution in [0, 0.1) is 0 Å². The zero-order valence-corrected chi connectivity index (χ0v) is 13.1. The summed E-state index contributed by atoms with van der Waals surface area (Å²) < 4.78 is 7.47. The maximum Gasteiger partial charge on any atom is 0.195 e. The predicted molar refractivity (Wildman–Crippen MR) is 87.2 cm³/mol. The summed E-state index contributed by atoms with van der Waals surface area (Å²) in [5.74, 6) is 1.77. The lowest BCUT2D eigenvalue weighted by Gasteiger charge is -2.07. The average molecular weight is 329 g/mol. The highest BCUT2D eigenvalue weighted by Crippen LogP contribution is 2.17. The number of hydrogen-bond acceptors (Lipinski definition) is 4. The number of para-hydroxylation sites is 2. The van der Waals surface area contributed by atoms with Crippen LogP contribution in [0.2, 0.25) is 0 Å². The maximum atomic E-state index is 5.66. The molecule has 0 atom stereocenters.